The van der Waals surface area contributed by atoms with E-state index in [0.29, 0.717) is 130 Å². The summed E-state index contributed by atoms with van der Waals surface area (Å²) >= 11 is 0. The van der Waals surface area contributed by atoms with Crippen molar-refractivity contribution in [3.05, 3.63) is 59.3 Å². The van der Waals surface area contributed by atoms with Crippen molar-refractivity contribution < 1.29 is 68.3 Å². The van der Waals surface area contributed by atoms with Gasteiger partial charge in [0.05, 0.1) is 57.3 Å². The number of hydrogen-bond acceptors (Lipinski definition) is 16. The molecule has 8 rings (SSSR count). The van der Waals surface area contributed by atoms with Crippen LogP contribution in [0.5, 0.6) is 11.5 Å². The summed E-state index contributed by atoms with van der Waals surface area (Å²) in [5.41, 5.74) is 1.65. The van der Waals surface area contributed by atoms with Crippen LogP contribution in [0.25, 0.3) is 16.9 Å². The van der Waals surface area contributed by atoms with E-state index in [-0.39, 0.29) is 80.4 Å². The fourth-order valence-electron chi connectivity index (χ4n) is 13.8. The number of nitrogens with one attached hydrogen (secondary N) is 2. The van der Waals surface area contributed by atoms with Gasteiger partial charge < -0.3 is 55.2 Å². The van der Waals surface area contributed by atoms with Gasteiger partial charge in [-0.15, -0.1) is 0 Å². The maximum atomic E-state index is 14.5. The topological polar surface area (TPSA) is 300 Å². The predicted octanol–water partition coefficient (Wildman–Crippen LogP) is 4.08. The summed E-state index contributed by atoms with van der Waals surface area (Å²) in [5.74, 6) is -3.40. The quantitative estimate of drug-likeness (QED) is 0.0495. The number of amides is 4. The highest BCUT2D eigenvalue weighted by Gasteiger charge is 2.62. The molecule has 4 aliphatic carbocycles. The average molecular weight is 1240 g/mol. The third-order valence-corrected chi connectivity index (χ3v) is 18.5. The lowest BCUT2D eigenvalue weighted by Gasteiger charge is -2.59. The Hall–Kier alpha value is -7.19. The first-order chi connectivity index (χ1) is 42.5. The van der Waals surface area contributed by atoms with E-state index in [1.165, 1.54) is 0 Å². The largest absolute Gasteiger partial charge is 0.496 e. The minimum Gasteiger partial charge on any atom is -0.496 e. The molecule has 1 saturated heterocycles. The summed E-state index contributed by atoms with van der Waals surface area (Å²) in [4.78, 5) is 115. The molecule has 25 heteroatoms. The molecule has 0 atom stereocenters. The number of aliphatic carboxylic acids is 4. The molecule has 490 valence electrons. The van der Waals surface area contributed by atoms with Gasteiger partial charge in [0.25, 0.3) is 11.8 Å². The number of carbonyl (C=O) groups is 8. The van der Waals surface area contributed by atoms with Crippen LogP contribution in [-0.4, -0.2) is 264 Å². The number of carboxylic acid groups (broad SMARTS) is 4. The third kappa shape index (κ3) is 18.7. The van der Waals surface area contributed by atoms with Crippen LogP contribution >= 0.6 is 0 Å². The van der Waals surface area contributed by atoms with Crippen molar-refractivity contribution in [3.63, 3.8) is 0 Å². The van der Waals surface area contributed by atoms with Crippen molar-refractivity contribution >= 4 is 47.5 Å². The number of nitrogens with zero attached hydrogens (tertiary/aromatic N) is 9. The van der Waals surface area contributed by atoms with Crippen LogP contribution in [0.4, 0.5) is 0 Å². The van der Waals surface area contributed by atoms with Crippen molar-refractivity contribution in [3.8, 4) is 28.4 Å². The van der Waals surface area contributed by atoms with E-state index >= 15 is 0 Å². The first-order valence-electron chi connectivity index (χ1n) is 31.5. The number of unbranched alkanes of at least 4 members (excludes halogenated alkanes) is 2. The van der Waals surface area contributed by atoms with Crippen LogP contribution in [0.3, 0.4) is 0 Å². The number of aromatic nitrogens is 2. The Morgan fingerprint density at radius 1 is 0.629 bits per heavy atom. The second-order valence-electron chi connectivity index (χ2n) is 25.2. The van der Waals surface area contributed by atoms with Crippen LogP contribution in [0, 0.1) is 23.7 Å². The lowest BCUT2D eigenvalue weighted by Crippen LogP contribution is -2.70. The normalized spacial score (nSPS) is 21.0. The smallest absolute Gasteiger partial charge is 0.330 e. The van der Waals surface area contributed by atoms with Crippen molar-refractivity contribution in [1.82, 2.24) is 54.7 Å². The summed E-state index contributed by atoms with van der Waals surface area (Å²) in [6.07, 6.45) is 8.20. The van der Waals surface area contributed by atoms with Gasteiger partial charge >= 0.3 is 23.9 Å². The predicted molar refractivity (Wildman–Crippen MR) is 333 cm³/mol. The zero-order valence-electron chi connectivity index (χ0n) is 53.1. The van der Waals surface area contributed by atoms with Crippen molar-refractivity contribution in [1.29, 1.82) is 0 Å². The van der Waals surface area contributed by atoms with Crippen LogP contribution in [-0.2, 0) is 28.8 Å². The molecule has 5 fully saturated rings. The highest BCUT2D eigenvalue weighted by Crippen LogP contribution is 2.58. The maximum Gasteiger partial charge on any atom is 0.330 e. The molecule has 4 bridgehead atoms. The van der Waals surface area contributed by atoms with Gasteiger partial charge in [-0.2, -0.15) is 5.10 Å². The Bertz CT molecular complexity index is 2870. The number of methoxy groups -OCH3 is 2. The number of carbonyl (C=O) groups excluding carboxylic acids is 4. The summed E-state index contributed by atoms with van der Waals surface area (Å²) in [5, 5.41) is 50.3. The van der Waals surface area contributed by atoms with Gasteiger partial charge in [-0.05, 0) is 149 Å². The molecular formula is C64H95N11O14. The fraction of sp³-hybridized carbons (Fsp3) is 0.641. The number of carboxylic acids is 4. The molecular weight excluding hydrogens is 1150 g/mol. The van der Waals surface area contributed by atoms with Gasteiger partial charge in [-0.1, -0.05) is 26.3 Å². The van der Waals surface area contributed by atoms with Gasteiger partial charge in [0, 0.05) is 98.1 Å². The van der Waals surface area contributed by atoms with Gasteiger partial charge in [-0.3, -0.25) is 53.2 Å². The Morgan fingerprint density at radius 2 is 1.13 bits per heavy atom. The lowest BCUT2D eigenvalue weighted by atomic mass is 9.48. The standard InChI is InChI=1S/C64H95N11O14/c1-43(2)49-37-46(17-18-51(49)75-52(60-53(88-6)14-11-15-54(60)89-7)38-50(67-75)61(84)66-64(63(86)87)47-33-44-32-45(35-47)36-48(64)34-44)62(85)70(5)23-13-21-68(3)20-12-22-69(4)56(77)16-9-8-10-19-65-55(76)39-71-24-26-72(40-57(78)79)28-30-74(42-59(82)83)31-29-73(27-25-71)41-58(80)81/h11,14-15,17-18,37-38,43-45,47-48H,8-10,12-13,16,19-36,39-42H2,1-7H3,(H,65,76)(H,66,84)(H,78,79)(H,80,81)(H,82,83)(H,86,87). The zero-order valence-corrected chi connectivity index (χ0v) is 53.1. The Morgan fingerprint density at radius 3 is 1.62 bits per heavy atom. The molecule has 6 N–H and O–H groups in total. The summed E-state index contributed by atoms with van der Waals surface area (Å²) < 4.78 is 13.4. The Labute approximate surface area is 522 Å². The van der Waals surface area contributed by atoms with E-state index in [2.05, 4.69) is 15.5 Å². The second kappa shape index (κ2) is 32.5. The molecule has 4 saturated carbocycles. The number of hydrogen-bond donors (Lipinski definition) is 6. The van der Waals surface area contributed by atoms with E-state index in [9.17, 15) is 58.8 Å². The van der Waals surface area contributed by atoms with Crippen molar-refractivity contribution in [2.45, 2.75) is 95.9 Å². The molecule has 4 amide bonds. The molecule has 5 aliphatic rings. The van der Waals surface area contributed by atoms with E-state index in [4.69, 9.17) is 14.6 Å². The number of rotatable bonds is 31. The van der Waals surface area contributed by atoms with E-state index in [1.807, 2.05) is 37.9 Å². The third-order valence-electron chi connectivity index (χ3n) is 18.5. The highest BCUT2D eigenvalue weighted by atomic mass is 16.5. The molecule has 1 aliphatic heterocycles. The van der Waals surface area contributed by atoms with Crippen LogP contribution in [0.2, 0.25) is 0 Å². The van der Waals surface area contributed by atoms with Crippen molar-refractivity contribution in [2.24, 2.45) is 23.7 Å². The molecule has 25 nitrogen and oxygen atoms in total. The van der Waals surface area contributed by atoms with Crippen molar-refractivity contribution in [2.75, 3.05) is 147 Å². The van der Waals surface area contributed by atoms with Crippen LogP contribution < -0.4 is 20.1 Å². The Balaban J connectivity index is 0.852. The van der Waals surface area contributed by atoms with E-state index in [0.717, 1.165) is 63.6 Å². The SMILES string of the molecule is COc1cccc(OC)c1-c1cc(C(=O)NC2(C(=O)O)C3CC4CC(C3)CC2C4)nn1-c1ccc(C(=O)N(C)CCCN(C)CCCN(C)C(=O)CCCCCNC(=O)CN2CCN(CC(=O)O)CCN(CC(=O)O)CCN(CC(=O)O)CC2)cc1C(C)C. The monoisotopic (exact) mass is 1240 g/mol. The molecule has 0 spiro atoms. The zero-order chi connectivity index (χ0) is 64.5. The van der Waals surface area contributed by atoms with Gasteiger partial charge in [0.2, 0.25) is 11.8 Å². The van der Waals surface area contributed by atoms with Gasteiger partial charge in [-0.25, -0.2) is 9.48 Å². The fourth-order valence-corrected chi connectivity index (χ4v) is 13.8. The summed E-state index contributed by atoms with van der Waals surface area (Å²) in [6, 6.07) is 12.5. The summed E-state index contributed by atoms with van der Waals surface area (Å²) in [6.45, 7) is 8.81. The highest BCUT2D eigenvalue weighted by molar-refractivity contribution is 5.98. The summed E-state index contributed by atoms with van der Waals surface area (Å²) in [7, 11) is 8.72. The van der Waals surface area contributed by atoms with Gasteiger partial charge in [0.1, 0.15) is 17.0 Å². The molecule has 3 aromatic rings. The molecule has 2 heterocycles. The first-order valence-corrected chi connectivity index (χ1v) is 31.5. The minimum atomic E-state index is -1.38. The molecule has 0 unspecified atom stereocenters. The minimum absolute atomic E-state index is 0.0343. The van der Waals surface area contributed by atoms with E-state index < -0.39 is 35.3 Å². The maximum absolute atomic E-state index is 14.5. The molecule has 89 heavy (non-hydrogen) atoms. The lowest BCUT2D eigenvalue weighted by molar-refractivity contribution is -0.163. The average Bonchev–Trinajstić information content (AvgIpc) is 1.13. The van der Waals surface area contributed by atoms with Crippen LogP contribution in [0.1, 0.15) is 117 Å². The Kier molecular flexibility index (Phi) is 25.3. The molecule has 1 aromatic heterocycles. The number of ether oxygens (including phenoxy) is 2. The second-order valence-corrected chi connectivity index (χ2v) is 25.2. The van der Waals surface area contributed by atoms with E-state index in [1.54, 1.807) is 87.8 Å². The first kappa shape index (κ1) is 69.3. The molecule has 0 radical (unpaired) electrons. The number of benzene rings is 2. The van der Waals surface area contributed by atoms with Crippen LogP contribution in [0.15, 0.2) is 42.5 Å². The molecule has 2 aromatic carbocycles. The van der Waals surface area contributed by atoms with Gasteiger partial charge in [0.15, 0.2) is 5.69 Å².